The number of hydrogen-bond donors (Lipinski definition) is 1. The van der Waals surface area contributed by atoms with Gasteiger partial charge in [-0.2, -0.15) is 5.26 Å². The van der Waals surface area contributed by atoms with Gasteiger partial charge in [0.2, 0.25) is 5.91 Å². The fourth-order valence-corrected chi connectivity index (χ4v) is 4.50. The number of carbonyl (C=O) groups is 2. The normalized spacial score (nSPS) is 24.5. The number of fused-ring (bicyclic) bond motifs is 2. The molecule has 3 rings (SSSR count). The average molecular weight is 495 g/mol. The van der Waals surface area contributed by atoms with E-state index in [1.165, 1.54) is 0 Å². The van der Waals surface area contributed by atoms with Gasteiger partial charge in [0.1, 0.15) is 17.7 Å². The van der Waals surface area contributed by atoms with Gasteiger partial charge in [0, 0.05) is 16.0 Å². The second-order valence-corrected chi connectivity index (χ2v) is 9.83. The Labute approximate surface area is 179 Å². The lowest BCUT2D eigenvalue weighted by Crippen LogP contribution is -2.55. The second kappa shape index (κ2) is 8.27. The van der Waals surface area contributed by atoms with E-state index < -0.39 is 23.8 Å². The topological polar surface area (TPSA) is 82.4 Å². The molecule has 1 heterocycles. The van der Waals surface area contributed by atoms with Crippen molar-refractivity contribution in [3.05, 3.63) is 33.4 Å². The van der Waals surface area contributed by atoms with Crippen molar-refractivity contribution in [2.45, 2.75) is 70.2 Å². The third-order valence-corrected chi connectivity index (χ3v) is 6.00. The summed E-state index contributed by atoms with van der Waals surface area (Å²) in [5.74, 6) is -0.120. The molecule has 1 saturated carbocycles. The molecule has 1 N–H and O–H groups in total. The molecule has 0 radical (unpaired) electrons. The number of ether oxygens (including phenoxy) is 1. The van der Waals surface area contributed by atoms with Crippen LogP contribution in [0.3, 0.4) is 0 Å². The van der Waals surface area contributed by atoms with Crippen molar-refractivity contribution in [2.24, 2.45) is 5.92 Å². The maximum atomic E-state index is 13.0. The Morgan fingerprint density at radius 3 is 2.61 bits per heavy atom. The van der Waals surface area contributed by atoms with Gasteiger partial charge in [-0.3, -0.25) is 9.69 Å². The minimum Gasteiger partial charge on any atom is -0.444 e. The molecule has 0 spiro atoms. The lowest BCUT2D eigenvalue weighted by molar-refractivity contribution is -0.128. The van der Waals surface area contributed by atoms with Gasteiger partial charge in [-0.1, -0.05) is 12.1 Å². The molecule has 2 aliphatic rings. The monoisotopic (exact) mass is 495 g/mol. The number of piperidine rings is 1. The molecule has 1 aliphatic carbocycles. The van der Waals surface area contributed by atoms with Crippen LogP contribution in [-0.2, 0) is 16.0 Å². The van der Waals surface area contributed by atoms with Gasteiger partial charge < -0.3 is 10.1 Å². The lowest BCUT2D eigenvalue weighted by Gasteiger charge is -2.35. The summed E-state index contributed by atoms with van der Waals surface area (Å²) in [5.41, 5.74) is 0.379. The van der Waals surface area contributed by atoms with Crippen LogP contribution in [0.4, 0.5) is 4.79 Å². The minimum atomic E-state index is -0.632. The smallest absolute Gasteiger partial charge is 0.411 e. The zero-order valence-electron chi connectivity index (χ0n) is 16.4. The number of amides is 2. The van der Waals surface area contributed by atoms with Crippen molar-refractivity contribution in [1.29, 1.82) is 5.26 Å². The van der Waals surface area contributed by atoms with E-state index in [0.29, 0.717) is 6.42 Å². The van der Waals surface area contributed by atoms with Gasteiger partial charge in [-0.25, -0.2) is 4.79 Å². The first kappa shape index (κ1) is 20.9. The fraction of sp³-hybridized carbons (Fsp3) is 0.571. The first-order valence-electron chi connectivity index (χ1n) is 9.63. The molecule has 0 aromatic heterocycles. The van der Waals surface area contributed by atoms with Gasteiger partial charge >= 0.3 is 6.09 Å². The predicted octanol–water partition coefficient (Wildman–Crippen LogP) is 3.63. The number of carbonyl (C=O) groups excluding carboxylic acids is 2. The zero-order valence-corrected chi connectivity index (χ0v) is 18.6. The number of nitriles is 1. The predicted molar refractivity (Wildman–Crippen MR) is 113 cm³/mol. The van der Waals surface area contributed by atoms with E-state index in [-0.39, 0.29) is 17.9 Å². The van der Waals surface area contributed by atoms with Crippen LogP contribution in [-0.4, -0.2) is 40.6 Å². The summed E-state index contributed by atoms with van der Waals surface area (Å²) < 4.78 is 6.65. The standard InChI is InChI=1S/C21H26IN3O3/c1-21(2,3)28-20(27)25-17-9-6-14(11-17)18(25)19(26)24-16(12-23)10-13-4-7-15(22)8-5-13/h4-5,7-8,14,16-18H,6,9-11H2,1-3H3,(H,24,26)/t14?,16-,17+,18-/m0/s1. The van der Waals surface area contributed by atoms with E-state index >= 15 is 0 Å². The highest BCUT2D eigenvalue weighted by atomic mass is 127. The van der Waals surface area contributed by atoms with Crippen LogP contribution in [0.15, 0.2) is 24.3 Å². The molecule has 1 saturated heterocycles. The Kier molecular flexibility index (Phi) is 6.18. The molecule has 7 heteroatoms. The first-order chi connectivity index (χ1) is 13.2. The molecule has 6 nitrogen and oxygen atoms in total. The molecule has 2 bridgehead atoms. The molecule has 1 aliphatic heterocycles. The summed E-state index contributed by atoms with van der Waals surface area (Å²) >= 11 is 2.23. The first-order valence-corrected chi connectivity index (χ1v) is 10.7. The van der Waals surface area contributed by atoms with Crippen molar-refractivity contribution in [1.82, 2.24) is 10.2 Å². The van der Waals surface area contributed by atoms with Crippen molar-refractivity contribution in [3.63, 3.8) is 0 Å². The van der Waals surface area contributed by atoms with Crippen molar-refractivity contribution >= 4 is 34.6 Å². The van der Waals surface area contributed by atoms with Gasteiger partial charge in [0.15, 0.2) is 0 Å². The molecule has 4 atom stereocenters. The van der Waals surface area contributed by atoms with Crippen LogP contribution in [0.5, 0.6) is 0 Å². The molecule has 150 valence electrons. The number of benzene rings is 1. The SMILES string of the molecule is CC(C)(C)OC(=O)N1[C@@H]2CCC(C2)[C@H]1C(=O)N[C@H](C#N)Cc1ccc(I)cc1. The number of halogens is 1. The van der Waals surface area contributed by atoms with E-state index in [1.54, 1.807) is 4.90 Å². The van der Waals surface area contributed by atoms with Gasteiger partial charge in [0.25, 0.3) is 0 Å². The van der Waals surface area contributed by atoms with Gasteiger partial charge in [-0.05, 0) is 86.2 Å². The highest BCUT2D eigenvalue weighted by Crippen LogP contribution is 2.43. The van der Waals surface area contributed by atoms with E-state index in [0.717, 1.165) is 28.4 Å². The Morgan fingerprint density at radius 2 is 2.00 bits per heavy atom. The lowest BCUT2D eigenvalue weighted by atomic mass is 9.97. The van der Waals surface area contributed by atoms with Crippen molar-refractivity contribution in [3.8, 4) is 6.07 Å². The summed E-state index contributed by atoms with van der Waals surface area (Å²) in [7, 11) is 0. The summed E-state index contributed by atoms with van der Waals surface area (Å²) in [6.07, 6.45) is 2.65. The number of likely N-dealkylation sites (tertiary alicyclic amines) is 1. The molecular formula is C21H26IN3O3. The number of nitrogens with one attached hydrogen (secondary N) is 1. The maximum Gasteiger partial charge on any atom is 0.411 e. The Hall–Kier alpha value is -1.82. The average Bonchev–Trinajstić information content (AvgIpc) is 3.22. The van der Waals surface area contributed by atoms with E-state index in [9.17, 15) is 14.9 Å². The molecule has 2 amide bonds. The molecule has 1 aromatic carbocycles. The Bertz CT molecular complexity index is 782. The Morgan fingerprint density at radius 1 is 1.32 bits per heavy atom. The molecule has 2 fully saturated rings. The van der Waals surface area contributed by atoms with Crippen LogP contribution < -0.4 is 5.32 Å². The third-order valence-electron chi connectivity index (χ3n) is 5.28. The van der Waals surface area contributed by atoms with Crippen LogP contribution in [0.1, 0.15) is 45.6 Å². The zero-order chi connectivity index (χ0) is 20.5. The third kappa shape index (κ3) is 4.77. The number of hydrogen-bond acceptors (Lipinski definition) is 4. The summed E-state index contributed by atoms with van der Waals surface area (Å²) in [5, 5.41) is 12.4. The van der Waals surface area contributed by atoms with Gasteiger partial charge in [0.05, 0.1) is 6.07 Å². The highest BCUT2D eigenvalue weighted by molar-refractivity contribution is 14.1. The minimum absolute atomic E-state index is 0.0485. The van der Waals surface area contributed by atoms with Crippen LogP contribution in [0, 0.1) is 20.8 Å². The largest absolute Gasteiger partial charge is 0.444 e. The molecule has 1 unspecified atom stereocenters. The van der Waals surface area contributed by atoms with E-state index in [2.05, 4.69) is 34.0 Å². The molecular weight excluding hydrogens is 469 g/mol. The van der Waals surface area contributed by atoms with Gasteiger partial charge in [-0.15, -0.1) is 0 Å². The van der Waals surface area contributed by atoms with Crippen molar-refractivity contribution < 1.29 is 14.3 Å². The summed E-state index contributed by atoms with van der Waals surface area (Å²) in [6.45, 7) is 5.46. The molecule has 1 aromatic rings. The quantitative estimate of drug-likeness (QED) is 0.647. The molecule has 28 heavy (non-hydrogen) atoms. The highest BCUT2D eigenvalue weighted by Gasteiger charge is 2.52. The summed E-state index contributed by atoms with van der Waals surface area (Å²) in [6, 6.07) is 8.92. The Balaban J connectivity index is 1.69. The maximum absolute atomic E-state index is 13.0. The van der Waals surface area contributed by atoms with E-state index in [4.69, 9.17) is 4.74 Å². The number of rotatable bonds is 4. The van der Waals surface area contributed by atoms with Crippen LogP contribution in [0.2, 0.25) is 0 Å². The van der Waals surface area contributed by atoms with E-state index in [1.807, 2.05) is 45.0 Å². The second-order valence-electron chi connectivity index (χ2n) is 8.58. The van der Waals surface area contributed by atoms with Crippen molar-refractivity contribution in [2.75, 3.05) is 0 Å². The fourth-order valence-electron chi connectivity index (χ4n) is 4.15. The van der Waals surface area contributed by atoms with Crippen LogP contribution in [0.25, 0.3) is 0 Å². The number of nitrogens with zero attached hydrogens (tertiary/aromatic N) is 2. The summed E-state index contributed by atoms with van der Waals surface area (Å²) in [4.78, 5) is 27.3. The van der Waals surface area contributed by atoms with Crippen LogP contribution >= 0.6 is 22.6 Å².